The van der Waals surface area contributed by atoms with Crippen LogP contribution in [0.25, 0.3) is 0 Å². The summed E-state index contributed by atoms with van der Waals surface area (Å²) < 4.78 is 0. The summed E-state index contributed by atoms with van der Waals surface area (Å²) >= 11 is 0. The van der Waals surface area contributed by atoms with Gasteiger partial charge in [-0.25, -0.2) is 0 Å². The van der Waals surface area contributed by atoms with Crippen molar-refractivity contribution < 1.29 is 39.6 Å². The zero-order valence-corrected chi connectivity index (χ0v) is 41.0. The maximum Gasteiger partial charge on any atom is 2.00 e. The third kappa shape index (κ3) is 71.4. The van der Waals surface area contributed by atoms with Crippen LogP contribution >= 0.6 is 0 Å². The molecule has 10 nitrogen and oxygen atoms in total. The first kappa shape index (κ1) is 66.7. The summed E-state index contributed by atoms with van der Waals surface area (Å²) in [5, 5.41) is 37.1. The molecule has 0 spiro atoms. The van der Waals surface area contributed by atoms with Crippen LogP contribution in [-0.2, 0) is 19.2 Å². The van der Waals surface area contributed by atoms with Gasteiger partial charge in [-0.1, -0.05) is 221 Å². The molecule has 0 aromatic carbocycles. The number of carboxylic acids is 4. The van der Waals surface area contributed by atoms with Crippen LogP contribution in [0.5, 0.6) is 0 Å². The molecule has 11 heteroatoms. The first-order valence-corrected chi connectivity index (χ1v) is 24.0. The number of hydrogen-bond donors (Lipinski definition) is 4. The molecule has 6 N–H and O–H groups in total. The summed E-state index contributed by atoms with van der Waals surface area (Å²) in [5.74, 6) is -2.92. The zero-order valence-electron chi connectivity index (χ0n) is 39.6. The van der Waals surface area contributed by atoms with Crippen molar-refractivity contribution in [1.82, 2.24) is 0 Å². The fourth-order valence-corrected chi connectivity index (χ4v) is 6.50. The molecule has 0 aromatic heterocycles. The minimum absolute atomic E-state index is 0. The summed E-state index contributed by atoms with van der Waals surface area (Å²) in [5.41, 5.74) is 10.4. The largest absolute Gasteiger partial charge is 2.00 e. The van der Waals surface area contributed by atoms with E-state index in [2.05, 4.69) is 13.8 Å². The van der Waals surface area contributed by atoms with E-state index in [9.17, 15) is 29.4 Å². The Kier molecular flexibility index (Phi) is 61.7. The van der Waals surface area contributed by atoms with Gasteiger partial charge in [0.25, 0.3) is 0 Å². The molecule has 0 saturated heterocycles. The first-order chi connectivity index (χ1) is 27.6. The second-order valence-corrected chi connectivity index (χ2v) is 17.3. The number of carboxylic acid groups (broad SMARTS) is 4. The molecular weight excluding hydrogens is 757 g/mol. The molecule has 0 saturated carbocycles. The van der Waals surface area contributed by atoms with Crippen molar-refractivity contribution >= 4 is 46.9 Å². The van der Waals surface area contributed by atoms with E-state index in [0.29, 0.717) is 24.7 Å². The molecule has 0 bridgehead atoms. The summed E-state index contributed by atoms with van der Waals surface area (Å²) in [6.07, 6.45) is 40.8. The number of carbonyl (C=O) groups excluding carboxylic acids is 2. The fraction of sp³-hybridized carbons (Fsp3) is 0.917. The van der Waals surface area contributed by atoms with E-state index in [1.807, 2.05) is 27.7 Å². The molecule has 0 radical (unpaired) electrons. The van der Waals surface area contributed by atoms with Crippen molar-refractivity contribution in [3.05, 3.63) is 0 Å². The SMILES string of the molecule is CC(C)C[C@H](N)C(=O)O.CC(C)C[C@H](N)C(=O)O.CCCCCCCCCCCCCCCCCC(=O)[O-].CCCCCCCCCCCCCCCCCC(=O)[O-].[Mg+2]. The van der Waals surface area contributed by atoms with Crippen molar-refractivity contribution in [2.24, 2.45) is 23.3 Å². The Morgan fingerprint density at radius 3 is 0.678 bits per heavy atom. The van der Waals surface area contributed by atoms with Crippen LogP contribution in [0.1, 0.15) is 260 Å². The van der Waals surface area contributed by atoms with Gasteiger partial charge in [-0.05, 0) is 50.4 Å². The van der Waals surface area contributed by atoms with Crippen LogP contribution < -0.4 is 21.7 Å². The van der Waals surface area contributed by atoms with Gasteiger partial charge in [-0.15, -0.1) is 0 Å². The van der Waals surface area contributed by atoms with Gasteiger partial charge in [-0.2, -0.15) is 0 Å². The smallest absolute Gasteiger partial charge is 0.550 e. The predicted molar refractivity (Wildman–Crippen MR) is 245 cm³/mol. The molecule has 0 aliphatic rings. The molecule has 0 aliphatic carbocycles. The first-order valence-electron chi connectivity index (χ1n) is 24.0. The van der Waals surface area contributed by atoms with E-state index in [1.54, 1.807) is 0 Å². The van der Waals surface area contributed by atoms with Gasteiger partial charge in [0.2, 0.25) is 0 Å². The van der Waals surface area contributed by atoms with Gasteiger partial charge < -0.3 is 41.5 Å². The maximum absolute atomic E-state index is 10.2. The van der Waals surface area contributed by atoms with E-state index in [4.69, 9.17) is 21.7 Å². The second-order valence-electron chi connectivity index (χ2n) is 17.3. The van der Waals surface area contributed by atoms with Crippen molar-refractivity contribution in [1.29, 1.82) is 0 Å². The molecule has 0 aromatic rings. The minimum Gasteiger partial charge on any atom is -0.550 e. The Balaban J connectivity index is -0.000000233. The standard InChI is InChI=1S/2C18H36O2.2C6H13NO2.Mg/c2*1-2-3-4-5-6-7-8-9-10-11-12-13-14-15-16-17-18(19)20;2*1-4(2)3-5(7)6(8)9;/h2*2-17H2,1H3,(H,19,20);2*4-5H,3,7H2,1-2H3,(H,8,9);/q;;;;+2/p-2/t;;2*5-;/m..00./s1. The summed E-state index contributed by atoms with van der Waals surface area (Å²) in [6.45, 7) is 12.3. The predicted octanol–water partition coefficient (Wildman–Crippen LogP) is 10.5. The number of carbonyl (C=O) groups is 4. The van der Waals surface area contributed by atoms with Crippen LogP contribution in [0.4, 0.5) is 0 Å². The van der Waals surface area contributed by atoms with Gasteiger partial charge in [0, 0.05) is 11.9 Å². The second kappa shape index (κ2) is 54.6. The number of unbranched alkanes of at least 4 members (excludes halogenated alkanes) is 28. The normalized spacial score (nSPS) is 11.6. The van der Waals surface area contributed by atoms with E-state index in [0.717, 1.165) is 25.7 Å². The molecule has 0 heterocycles. The van der Waals surface area contributed by atoms with Crippen LogP contribution in [0.2, 0.25) is 0 Å². The van der Waals surface area contributed by atoms with Gasteiger partial charge in [0.05, 0.1) is 0 Å². The number of aliphatic carboxylic acids is 4. The van der Waals surface area contributed by atoms with E-state index in [1.165, 1.54) is 167 Å². The van der Waals surface area contributed by atoms with Crippen molar-refractivity contribution in [2.75, 3.05) is 0 Å². The molecular formula is C48H96MgN2O8. The molecule has 0 fully saturated rings. The van der Waals surface area contributed by atoms with Gasteiger partial charge in [-0.3, -0.25) is 9.59 Å². The number of hydrogen-bond acceptors (Lipinski definition) is 8. The number of rotatable bonds is 38. The maximum atomic E-state index is 10.2. The average molecular weight is 854 g/mol. The minimum atomic E-state index is -0.913. The molecule has 0 aliphatic heterocycles. The molecule has 0 rings (SSSR count). The Morgan fingerprint density at radius 2 is 0.559 bits per heavy atom. The van der Waals surface area contributed by atoms with Crippen molar-refractivity contribution in [2.45, 2.75) is 272 Å². The quantitative estimate of drug-likeness (QED) is 0.0341. The molecule has 0 unspecified atom stereocenters. The Labute approximate surface area is 380 Å². The average Bonchev–Trinajstić information content (AvgIpc) is 3.14. The van der Waals surface area contributed by atoms with Crippen LogP contribution in [-0.4, -0.2) is 69.2 Å². The van der Waals surface area contributed by atoms with E-state index >= 15 is 0 Å². The van der Waals surface area contributed by atoms with E-state index < -0.39 is 36.0 Å². The molecule has 348 valence electrons. The Hall–Kier alpha value is -1.43. The van der Waals surface area contributed by atoms with Crippen molar-refractivity contribution in [3.8, 4) is 0 Å². The van der Waals surface area contributed by atoms with Crippen molar-refractivity contribution in [3.63, 3.8) is 0 Å². The number of nitrogens with two attached hydrogens (primary N) is 2. The summed E-state index contributed by atoms with van der Waals surface area (Å²) in [7, 11) is 0. The van der Waals surface area contributed by atoms with Gasteiger partial charge in [0.1, 0.15) is 12.1 Å². The Bertz CT molecular complexity index is 821. The van der Waals surface area contributed by atoms with E-state index in [-0.39, 0.29) is 35.9 Å². The van der Waals surface area contributed by atoms with Gasteiger partial charge >= 0.3 is 35.0 Å². The van der Waals surface area contributed by atoms with Gasteiger partial charge in [0.15, 0.2) is 0 Å². The summed E-state index contributed by atoms with van der Waals surface area (Å²) in [6, 6.07) is -1.38. The third-order valence-corrected chi connectivity index (χ3v) is 10.1. The van der Waals surface area contributed by atoms with Crippen LogP contribution in [0.15, 0.2) is 0 Å². The third-order valence-electron chi connectivity index (χ3n) is 10.1. The van der Waals surface area contributed by atoms with Crippen LogP contribution in [0, 0.1) is 11.8 Å². The molecule has 0 amide bonds. The molecule has 59 heavy (non-hydrogen) atoms. The summed E-state index contributed by atoms with van der Waals surface area (Å²) in [4.78, 5) is 40.7. The van der Waals surface area contributed by atoms with Crippen LogP contribution in [0.3, 0.4) is 0 Å². The molecule has 2 atom stereocenters. The fourth-order valence-electron chi connectivity index (χ4n) is 6.50. The Morgan fingerprint density at radius 1 is 0.390 bits per heavy atom. The zero-order chi connectivity index (χ0) is 44.7. The monoisotopic (exact) mass is 853 g/mol. The topological polar surface area (TPSA) is 207 Å².